The summed E-state index contributed by atoms with van der Waals surface area (Å²) in [6.07, 6.45) is 4.02. The molecule has 3 aromatic rings. The summed E-state index contributed by atoms with van der Waals surface area (Å²) in [5.74, 6) is 0. The van der Waals surface area contributed by atoms with Gasteiger partial charge in [0, 0.05) is 23.8 Å². The van der Waals surface area contributed by atoms with Crippen LogP contribution >= 0.6 is 0 Å². The van der Waals surface area contributed by atoms with Crippen LogP contribution in [0.15, 0.2) is 36.5 Å². The summed E-state index contributed by atoms with van der Waals surface area (Å²) < 4.78 is 0. The van der Waals surface area contributed by atoms with E-state index in [1.165, 1.54) is 39.0 Å². The fourth-order valence-corrected chi connectivity index (χ4v) is 3.04. The third-order valence-electron chi connectivity index (χ3n) is 4.65. The molecule has 0 spiro atoms. The molecular weight excluding hydrogens is 282 g/mol. The van der Waals surface area contributed by atoms with Crippen LogP contribution in [0.3, 0.4) is 0 Å². The number of hydrogen-bond acceptors (Lipinski definition) is 2. The minimum Gasteiger partial charge on any atom is -0.357 e. The Balaban J connectivity index is 1.55. The fraction of sp³-hybridized carbons (Fsp3) is 0.350. The number of aromatic nitrogens is 2. The van der Waals surface area contributed by atoms with Crippen LogP contribution in [0.1, 0.15) is 34.5 Å². The third kappa shape index (κ3) is 3.45. The fourth-order valence-electron chi connectivity index (χ4n) is 3.04. The van der Waals surface area contributed by atoms with Crippen LogP contribution < -0.4 is 5.32 Å². The molecule has 0 aliphatic heterocycles. The van der Waals surface area contributed by atoms with Crippen molar-refractivity contribution in [2.45, 2.75) is 40.2 Å². The van der Waals surface area contributed by atoms with Gasteiger partial charge >= 0.3 is 0 Å². The molecule has 1 aromatic carbocycles. The number of aryl methyl sites for hydroxylation is 4. The summed E-state index contributed by atoms with van der Waals surface area (Å²) in [5.41, 5.74) is 7.69. The maximum atomic E-state index is 4.57. The monoisotopic (exact) mass is 307 g/mol. The molecule has 120 valence electrons. The molecule has 0 aliphatic carbocycles. The van der Waals surface area contributed by atoms with Gasteiger partial charge in [-0.05, 0) is 62.9 Å². The van der Waals surface area contributed by atoms with E-state index in [1.54, 1.807) is 0 Å². The van der Waals surface area contributed by atoms with Crippen LogP contribution in [0.5, 0.6) is 0 Å². The van der Waals surface area contributed by atoms with Gasteiger partial charge in [0.1, 0.15) is 0 Å². The van der Waals surface area contributed by atoms with Gasteiger partial charge < -0.3 is 10.3 Å². The van der Waals surface area contributed by atoms with E-state index in [1.807, 2.05) is 6.20 Å². The first-order valence-corrected chi connectivity index (χ1v) is 8.35. The quantitative estimate of drug-likeness (QED) is 0.670. The second-order valence-electron chi connectivity index (χ2n) is 6.26. The van der Waals surface area contributed by atoms with Crippen molar-refractivity contribution >= 4 is 10.9 Å². The molecule has 3 nitrogen and oxygen atoms in total. The molecule has 2 N–H and O–H groups in total. The Morgan fingerprint density at radius 3 is 2.74 bits per heavy atom. The molecule has 23 heavy (non-hydrogen) atoms. The molecule has 2 heterocycles. The average Bonchev–Trinajstić information content (AvgIpc) is 2.85. The first-order valence-electron chi connectivity index (χ1n) is 8.35. The van der Waals surface area contributed by atoms with Gasteiger partial charge in [-0.25, -0.2) is 0 Å². The zero-order valence-corrected chi connectivity index (χ0v) is 14.2. The largest absolute Gasteiger partial charge is 0.357 e. The standard InChI is InChI=1S/C20H25N3/c1-14-7-4-5-8-17(14)13-21-11-6-9-19-20-18(10-12-22-19)15(2)16(3)23-20/h4-5,7-8,10,12,21,23H,6,9,11,13H2,1-3H3. The molecule has 0 bridgehead atoms. The molecule has 0 fully saturated rings. The number of H-pyrrole nitrogens is 1. The highest BCUT2D eigenvalue weighted by molar-refractivity contribution is 5.85. The molecule has 0 radical (unpaired) electrons. The minimum absolute atomic E-state index is 0.936. The molecule has 2 aromatic heterocycles. The van der Waals surface area contributed by atoms with Crippen molar-refractivity contribution in [2.24, 2.45) is 0 Å². The van der Waals surface area contributed by atoms with E-state index in [4.69, 9.17) is 0 Å². The number of nitrogens with one attached hydrogen (secondary N) is 2. The first-order chi connectivity index (χ1) is 11.2. The summed E-state index contributed by atoms with van der Waals surface area (Å²) in [6.45, 7) is 8.40. The van der Waals surface area contributed by atoms with Crippen molar-refractivity contribution in [3.05, 3.63) is 64.6 Å². The highest BCUT2D eigenvalue weighted by Gasteiger charge is 2.08. The van der Waals surface area contributed by atoms with Crippen molar-refractivity contribution in [1.29, 1.82) is 0 Å². The normalized spacial score (nSPS) is 11.3. The van der Waals surface area contributed by atoms with Crippen LogP contribution in [0.2, 0.25) is 0 Å². The van der Waals surface area contributed by atoms with E-state index < -0.39 is 0 Å². The molecule has 3 rings (SSSR count). The van der Waals surface area contributed by atoms with Crippen molar-refractivity contribution in [2.75, 3.05) is 6.54 Å². The molecule has 0 saturated heterocycles. The van der Waals surface area contributed by atoms with Gasteiger partial charge in [-0.2, -0.15) is 0 Å². The van der Waals surface area contributed by atoms with Crippen LogP contribution in [0.4, 0.5) is 0 Å². The van der Waals surface area contributed by atoms with E-state index in [9.17, 15) is 0 Å². The average molecular weight is 307 g/mol. The Morgan fingerprint density at radius 1 is 1.09 bits per heavy atom. The zero-order valence-electron chi connectivity index (χ0n) is 14.2. The number of aromatic amines is 1. The van der Waals surface area contributed by atoms with E-state index >= 15 is 0 Å². The molecule has 3 heteroatoms. The number of hydrogen-bond donors (Lipinski definition) is 2. The Kier molecular flexibility index (Phi) is 4.77. The van der Waals surface area contributed by atoms with Gasteiger partial charge in [0.25, 0.3) is 0 Å². The SMILES string of the molecule is Cc1ccccc1CNCCCc1nccc2c(C)c(C)[nH]c12. The zero-order chi connectivity index (χ0) is 16.2. The Labute approximate surface area is 138 Å². The van der Waals surface area contributed by atoms with Crippen molar-refractivity contribution in [3.8, 4) is 0 Å². The predicted octanol–water partition coefficient (Wildman–Crippen LogP) is 4.21. The highest BCUT2D eigenvalue weighted by Crippen LogP contribution is 2.23. The molecular formula is C20H25N3. The van der Waals surface area contributed by atoms with Gasteiger partial charge in [0.2, 0.25) is 0 Å². The van der Waals surface area contributed by atoms with Crippen LogP contribution in [0, 0.1) is 20.8 Å². The van der Waals surface area contributed by atoms with E-state index in [0.29, 0.717) is 0 Å². The summed E-state index contributed by atoms with van der Waals surface area (Å²) in [5, 5.41) is 4.85. The second kappa shape index (κ2) is 6.97. The lowest BCUT2D eigenvalue weighted by molar-refractivity contribution is 0.644. The smallest absolute Gasteiger partial charge is 0.0677 e. The van der Waals surface area contributed by atoms with Crippen LogP contribution in [0.25, 0.3) is 10.9 Å². The topological polar surface area (TPSA) is 40.7 Å². The lowest BCUT2D eigenvalue weighted by atomic mass is 10.1. The maximum absolute atomic E-state index is 4.57. The summed E-state index contributed by atoms with van der Waals surface area (Å²) >= 11 is 0. The molecule has 0 unspecified atom stereocenters. The lowest BCUT2D eigenvalue weighted by Crippen LogP contribution is -2.16. The number of pyridine rings is 1. The van der Waals surface area contributed by atoms with Crippen LogP contribution in [-0.4, -0.2) is 16.5 Å². The number of rotatable bonds is 6. The second-order valence-corrected chi connectivity index (χ2v) is 6.26. The lowest BCUT2D eigenvalue weighted by Gasteiger charge is -2.08. The summed E-state index contributed by atoms with van der Waals surface area (Å²) in [4.78, 5) is 8.06. The van der Waals surface area contributed by atoms with E-state index in [0.717, 1.165) is 25.9 Å². The Morgan fingerprint density at radius 2 is 1.91 bits per heavy atom. The van der Waals surface area contributed by atoms with Gasteiger partial charge in [-0.3, -0.25) is 4.98 Å². The van der Waals surface area contributed by atoms with E-state index in [2.05, 4.69) is 66.4 Å². The summed E-state index contributed by atoms with van der Waals surface area (Å²) in [6, 6.07) is 10.6. The van der Waals surface area contributed by atoms with E-state index in [-0.39, 0.29) is 0 Å². The van der Waals surface area contributed by atoms with Crippen molar-refractivity contribution < 1.29 is 0 Å². The van der Waals surface area contributed by atoms with Gasteiger partial charge in [-0.1, -0.05) is 24.3 Å². The Hall–Kier alpha value is -2.13. The summed E-state index contributed by atoms with van der Waals surface area (Å²) in [7, 11) is 0. The first kappa shape index (κ1) is 15.8. The number of nitrogens with zero attached hydrogens (tertiary/aromatic N) is 1. The van der Waals surface area contributed by atoms with Gasteiger partial charge in [0.15, 0.2) is 0 Å². The van der Waals surface area contributed by atoms with Crippen LogP contribution in [-0.2, 0) is 13.0 Å². The Bertz CT molecular complexity index is 802. The van der Waals surface area contributed by atoms with Gasteiger partial charge in [0.05, 0.1) is 11.2 Å². The predicted molar refractivity (Wildman–Crippen MR) is 96.8 cm³/mol. The highest BCUT2D eigenvalue weighted by atomic mass is 14.8. The number of benzene rings is 1. The molecule has 0 amide bonds. The van der Waals surface area contributed by atoms with Crippen molar-refractivity contribution in [3.63, 3.8) is 0 Å². The molecule has 0 atom stereocenters. The molecule has 0 aliphatic rings. The number of fused-ring (bicyclic) bond motifs is 1. The van der Waals surface area contributed by atoms with Gasteiger partial charge in [-0.15, -0.1) is 0 Å². The minimum atomic E-state index is 0.936. The molecule has 0 saturated carbocycles. The van der Waals surface area contributed by atoms with Crippen molar-refractivity contribution in [1.82, 2.24) is 15.3 Å². The maximum Gasteiger partial charge on any atom is 0.0677 e. The third-order valence-corrected chi connectivity index (χ3v) is 4.65.